The highest BCUT2D eigenvalue weighted by Crippen LogP contribution is 2.33. The zero-order valence-electron chi connectivity index (χ0n) is 19.4. The van der Waals surface area contributed by atoms with Crippen LogP contribution in [0.25, 0.3) is 0 Å². The number of likely N-dealkylation sites (tertiary alicyclic amines) is 1. The molecule has 0 aromatic carbocycles. The number of rotatable bonds is 7. The lowest BCUT2D eigenvalue weighted by Gasteiger charge is -2.34. The molecule has 0 bridgehead atoms. The molecular formula is C22H31N9O2. The first-order valence-electron chi connectivity index (χ1n) is 11.6. The minimum Gasteiger partial charge on any atom is -0.365 e. The van der Waals surface area contributed by atoms with Gasteiger partial charge in [0.2, 0.25) is 0 Å². The highest BCUT2D eigenvalue weighted by Gasteiger charge is 2.43. The number of aryl methyl sites for hydroxylation is 1. The van der Waals surface area contributed by atoms with E-state index in [2.05, 4.69) is 50.8 Å². The summed E-state index contributed by atoms with van der Waals surface area (Å²) in [5, 5.41) is 20.2. The van der Waals surface area contributed by atoms with Crippen LogP contribution in [0.4, 0.5) is 0 Å². The molecule has 11 heteroatoms. The first kappa shape index (κ1) is 21.8. The number of fused-ring (bicyclic) bond motifs is 1. The summed E-state index contributed by atoms with van der Waals surface area (Å²) in [6, 6.07) is 2.08. The van der Waals surface area contributed by atoms with Gasteiger partial charge in [0.1, 0.15) is 17.0 Å². The smallest absolute Gasteiger partial charge is 0.269 e. The van der Waals surface area contributed by atoms with E-state index < -0.39 is 0 Å². The van der Waals surface area contributed by atoms with E-state index in [-0.39, 0.29) is 11.5 Å². The van der Waals surface area contributed by atoms with Crippen LogP contribution in [0, 0.1) is 0 Å². The summed E-state index contributed by atoms with van der Waals surface area (Å²) in [5.74, 6) is -0.170. The van der Waals surface area contributed by atoms with Crippen molar-refractivity contribution >= 4 is 5.91 Å². The summed E-state index contributed by atoms with van der Waals surface area (Å²) in [7, 11) is 0. The number of aromatic nitrogens is 7. The number of hydrogen-bond acceptors (Lipinski definition) is 7. The molecule has 0 saturated carbocycles. The summed E-state index contributed by atoms with van der Waals surface area (Å²) >= 11 is 0. The van der Waals surface area contributed by atoms with Gasteiger partial charge < -0.3 is 10.1 Å². The maximum atomic E-state index is 12.5. The highest BCUT2D eigenvalue weighted by atomic mass is 16.5. The lowest BCUT2D eigenvalue weighted by Crippen LogP contribution is -2.44. The molecule has 2 aliphatic heterocycles. The van der Waals surface area contributed by atoms with E-state index in [9.17, 15) is 4.79 Å². The molecule has 3 aromatic rings. The van der Waals surface area contributed by atoms with Crippen LogP contribution in [0.2, 0.25) is 0 Å². The van der Waals surface area contributed by atoms with Gasteiger partial charge in [-0.05, 0) is 33.3 Å². The van der Waals surface area contributed by atoms with Crippen LogP contribution >= 0.6 is 0 Å². The SMILES string of the molecule is CCn1nccc1C(=O)NCc1nnn2c1COC1(CCN(Cc3cnn(C(C)C)c3)C1)C2. The highest BCUT2D eigenvalue weighted by molar-refractivity contribution is 5.92. The number of nitrogens with zero attached hydrogens (tertiary/aromatic N) is 8. The minimum absolute atomic E-state index is 0.170. The van der Waals surface area contributed by atoms with Gasteiger partial charge in [-0.15, -0.1) is 5.10 Å². The molecular weight excluding hydrogens is 422 g/mol. The Morgan fingerprint density at radius 1 is 1.30 bits per heavy atom. The van der Waals surface area contributed by atoms with Crippen molar-refractivity contribution in [1.82, 2.24) is 44.8 Å². The summed E-state index contributed by atoms with van der Waals surface area (Å²) in [4.78, 5) is 14.9. The van der Waals surface area contributed by atoms with Crippen molar-refractivity contribution in [3.8, 4) is 0 Å². The molecule has 11 nitrogen and oxygen atoms in total. The first-order chi connectivity index (χ1) is 16.0. The van der Waals surface area contributed by atoms with Gasteiger partial charge in [0.15, 0.2) is 0 Å². The van der Waals surface area contributed by atoms with E-state index in [0.29, 0.717) is 38.0 Å². The molecule has 176 valence electrons. The monoisotopic (exact) mass is 453 g/mol. The summed E-state index contributed by atoms with van der Waals surface area (Å²) in [6.07, 6.45) is 6.67. The number of nitrogens with one attached hydrogen (secondary N) is 1. The van der Waals surface area contributed by atoms with Crippen LogP contribution in [0.3, 0.4) is 0 Å². The molecule has 0 aliphatic carbocycles. The Labute approximate surface area is 192 Å². The van der Waals surface area contributed by atoms with Crippen LogP contribution < -0.4 is 5.32 Å². The first-order valence-corrected chi connectivity index (χ1v) is 11.6. The Morgan fingerprint density at radius 2 is 2.18 bits per heavy atom. The lowest BCUT2D eigenvalue weighted by atomic mass is 10.0. The van der Waals surface area contributed by atoms with E-state index in [1.807, 2.05) is 22.5 Å². The second kappa shape index (κ2) is 8.71. The minimum atomic E-state index is -0.247. The molecule has 1 spiro atoms. The van der Waals surface area contributed by atoms with Gasteiger partial charge in [-0.1, -0.05) is 5.21 Å². The number of carbonyl (C=O) groups is 1. The van der Waals surface area contributed by atoms with Crippen LogP contribution in [-0.4, -0.2) is 64.1 Å². The van der Waals surface area contributed by atoms with Gasteiger partial charge in [-0.2, -0.15) is 10.2 Å². The van der Waals surface area contributed by atoms with Crippen molar-refractivity contribution in [3.05, 3.63) is 47.3 Å². The predicted octanol–water partition coefficient (Wildman–Crippen LogP) is 1.38. The van der Waals surface area contributed by atoms with Gasteiger partial charge in [0.25, 0.3) is 5.91 Å². The molecule has 3 aromatic heterocycles. The zero-order valence-corrected chi connectivity index (χ0v) is 19.4. The largest absolute Gasteiger partial charge is 0.365 e. The van der Waals surface area contributed by atoms with Gasteiger partial charge >= 0.3 is 0 Å². The fraction of sp³-hybridized carbons (Fsp3) is 0.591. The fourth-order valence-electron chi connectivity index (χ4n) is 4.67. The Hall–Kier alpha value is -3.05. The molecule has 1 atom stereocenters. The van der Waals surface area contributed by atoms with Crippen LogP contribution in [0.5, 0.6) is 0 Å². The van der Waals surface area contributed by atoms with Gasteiger partial charge in [0.05, 0.1) is 31.6 Å². The molecule has 2 aliphatic rings. The van der Waals surface area contributed by atoms with E-state index in [1.165, 1.54) is 5.56 Å². The van der Waals surface area contributed by atoms with E-state index in [4.69, 9.17) is 4.74 Å². The number of carbonyl (C=O) groups excluding carboxylic acids is 1. The number of amides is 1. The predicted molar refractivity (Wildman–Crippen MR) is 119 cm³/mol. The van der Waals surface area contributed by atoms with Gasteiger partial charge in [-0.3, -0.25) is 19.1 Å². The van der Waals surface area contributed by atoms with Crippen molar-refractivity contribution in [2.45, 2.75) is 71.6 Å². The third-order valence-electron chi connectivity index (χ3n) is 6.52. The maximum absolute atomic E-state index is 12.5. The van der Waals surface area contributed by atoms with Crippen LogP contribution in [-0.2, 0) is 37.5 Å². The molecule has 5 rings (SSSR count). The molecule has 1 saturated heterocycles. The number of hydrogen-bond donors (Lipinski definition) is 1. The fourth-order valence-corrected chi connectivity index (χ4v) is 4.67. The van der Waals surface area contributed by atoms with E-state index in [1.54, 1.807) is 16.9 Å². The molecule has 5 heterocycles. The topological polar surface area (TPSA) is 108 Å². The van der Waals surface area contributed by atoms with Crippen LogP contribution in [0.15, 0.2) is 24.7 Å². The Bertz CT molecular complexity index is 1130. The van der Waals surface area contributed by atoms with Crippen LogP contribution in [0.1, 0.15) is 60.7 Å². The van der Waals surface area contributed by atoms with Crippen molar-refractivity contribution < 1.29 is 9.53 Å². The second-order valence-electron chi connectivity index (χ2n) is 9.21. The molecule has 0 radical (unpaired) electrons. The summed E-state index contributed by atoms with van der Waals surface area (Å²) in [6.45, 7) is 11.0. The molecule has 1 amide bonds. The van der Waals surface area contributed by atoms with Gasteiger partial charge in [-0.25, -0.2) is 4.68 Å². The third-order valence-corrected chi connectivity index (χ3v) is 6.52. The standard InChI is InChI=1S/C22H31N9O2/c1-4-29-19(5-7-24-29)21(32)23-10-18-20-13-33-22(15-31(20)27-26-18)6-8-28(14-22)11-17-9-25-30(12-17)16(2)3/h5,7,9,12,16H,4,6,8,10-11,13-15H2,1-3H3,(H,23,32). The quantitative estimate of drug-likeness (QED) is 0.576. The summed E-state index contributed by atoms with van der Waals surface area (Å²) in [5.41, 5.74) is 3.19. The van der Waals surface area contributed by atoms with Crippen molar-refractivity contribution in [3.63, 3.8) is 0 Å². The Balaban J connectivity index is 1.19. The summed E-state index contributed by atoms with van der Waals surface area (Å²) < 4.78 is 12.0. The normalized spacial score (nSPS) is 20.6. The van der Waals surface area contributed by atoms with Gasteiger partial charge in [0, 0.05) is 50.2 Å². The average molecular weight is 454 g/mol. The zero-order chi connectivity index (χ0) is 23.0. The Morgan fingerprint density at radius 3 is 2.97 bits per heavy atom. The van der Waals surface area contributed by atoms with Crippen molar-refractivity contribution in [2.75, 3.05) is 13.1 Å². The van der Waals surface area contributed by atoms with E-state index >= 15 is 0 Å². The molecule has 33 heavy (non-hydrogen) atoms. The number of ether oxygens (including phenoxy) is 1. The molecule has 1 unspecified atom stereocenters. The van der Waals surface area contributed by atoms with E-state index in [0.717, 1.165) is 37.4 Å². The van der Waals surface area contributed by atoms with Crippen molar-refractivity contribution in [2.24, 2.45) is 0 Å². The molecule has 1 N–H and O–H groups in total. The Kier molecular flexibility index (Phi) is 5.75. The second-order valence-corrected chi connectivity index (χ2v) is 9.21. The maximum Gasteiger partial charge on any atom is 0.269 e. The molecule has 1 fully saturated rings. The van der Waals surface area contributed by atoms with Crippen molar-refractivity contribution in [1.29, 1.82) is 0 Å². The average Bonchev–Trinajstić information content (AvgIpc) is 3.59. The third kappa shape index (κ3) is 4.30. The lowest BCUT2D eigenvalue weighted by molar-refractivity contribution is -0.0845.